The molecule has 8 heteroatoms. The Morgan fingerprint density at radius 2 is 2.08 bits per heavy atom. The van der Waals surface area contributed by atoms with Gasteiger partial charge in [-0.15, -0.1) is 0 Å². The van der Waals surface area contributed by atoms with Crippen LogP contribution < -0.4 is 10.6 Å². The van der Waals surface area contributed by atoms with Gasteiger partial charge in [-0.2, -0.15) is 0 Å². The molecule has 1 aromatic rings. The highest BCUT2D eigenvalue weighted by atomic mass is 19.1. The molecular weight excluding hydrogens is 341 g/mol. The van der Waals surface area contributed by atoms with Crippen LogP contribution in [0, 0.1) is 5.82 Å². The maximum Gasteiger partial charge on any atom is 0.312 e. The number of carbonyl (C=O) groups excluding carboxylic acids is 3. The molecule has 7 nitrogen and oxygen atoms in total. The molecule has 0 aliphatic carbocycles. The molecule has 1 saturated heterocycles. The SMILES string of the molecule is C=CC(=O)NC(C)C1CN(C(=O)C(=O)NCc2ccc(F)cc2)CCO1. The summed E-state index contributed by atoms with van der Waals surface area (Å²) in [5.41, 5.74) is 0.688. The molecule has 0 saturated carbocycles. The van der Waals surface area contributed by atoms with Crippen molar-refractivity contribution in [2.24, 2.45) is 0 Å². The molecule has 3 amide bonds. The first-order valence-corrected chi connectivity index (χ1v) is 8.26. The zero-order chi connectivity index (χ0) is 19.1. The van der Waals surface area contributed by atoms with E-state index in [9.17, 15) is 18.8 Å². The van der Waals surface area contributed by atoms with Crippen LogP contribution in [0.15, 0.2) is 36.9 Å². The second-order valence-electron chi connectivity index (χ2n) is 5.97. The molecule has 26 heavy (non-hydrogen) atoms. The van der Waals surface area contributed by atoms with E-state index in [-0.39, 0.29) is 37.5 Å². The molecule has 0 bridgehead atoms. The van der Waals surface area contributed by atoms with Gasteiger partial charge in [0.05, 0.1) is 18.8 Å². The van der Waals surface area contributed by atoms with Gasteiger partial charge in [-0.25, -0.2) is 4.39 Å². The van der Waals surface area contributed by atoms with Crippen LogP contribution in [-0.4, -0.2) is 54.5 Å². The summed E-state index contributed by atoms with van der Waals surface area (Å²) in [6.07, 6.45) is 0.743. The van der Waals surface area contributed by atoms with Crippen molar-refractivity contribution in [1.29, 1.82) is 0 Å². The molecule has 2 atom stereocenters. The predicted molar refractivity (Wildman–Crippen MR) is 92.4 cm³/mol. The Balaban J connectivity index is 1.87. The number of halogens is 1. The number of ether oxygens (including phenoxy) is 1. The van der Waals surface area contributed by atoms with E-state index < -0.39 is 17.9 Å². The minimum absolute atomic E-state index is 0.129. The molecule has 1 aliphatic heterocycles. The second-order valence-corrected chi connectivity index (χ2v) is 5.97. The van der Waals surface area contributed by atoms with Crippen molar-refractivity contribution in [1.82, 2.24) is 15.5 Å². The maximum atomic E-state index is 12.9. The van der Waals surface area contributed by atoms with E-state index in [2.05, 4.69) is 17.2 Å². The van der Waals surface area contributed by atoms with Gasteiger partial charge in [-0.3, -0.25) is 14.4 Å². The molecule has 1 aromatic carbocycles. The van der Waals surface area contributed by atoms with Gasteiger partial charge < -0.3 is 20.3 Å². The van der Waals surface area contributed by atoms with E-state index in [4.69, 9.17) is 4.74 Å². The summed E-state index contributed by atoms with van der Waals surface area (Å²) < 4.78 is 18.4. The van der Waals surface area contributed by atoms with Gasteiger partial charge in [0, 0.05) is 19.6 Å². The molecule has 2 N–H and O–H groups in total. The Labute approximate surface area is 151 Å². The largest absolute Gasteiger partial charge is 0.372 e. The first-order chi connectivity index (χ1) is 12.4. The molecule has 1 fully saturated rings. The van der Waals surface area contributed by atoms with Crippen LogP contribution >= 0.6 is 0 Å². The standard InChI is InChI=1S/C18H22FN3O4/c1-3-16(23)21-12(2)15-11-22(8-9-26-15)18(25)17(24)20-10-13-4-6-14(19)7-5-13/h3-7,12,15H,1,8-11H2,2H3,(H,20,24)(H,21,23). The lowest BCUT2D eigenvalue weighted by Crippen LogP contribution is -2.55. The van der Waals surface area contributed by atoms with Crippen LogP contribution in [0.1, 0.15) is 12.5 Å². The van der Waals surface area contributed by atoms with Crippen LogP contribution in [0.2, 0.25) is 0 Å². The lowest BCUT2D eigenvalue weighted by Gasteiger charge is -2.35. The minimum Gasteiger partial charge on any atom is -0.372 e. The Hall–Kier alpha value is -2.74. The number of amides is 3. The number of rotatable bonds is 5. The third kappa shape index (κ3) is 5.38. The molecule has 1 aliphatic rings. The van der Waals surface area contributed by atoms with E-state index in [1.807, 2.05) is 0 Å². The van der Waals surface area contributed by atoms with Crippen LogP contribution in [0.3, 0.4) is 0 Å². The molecule has 0 spiro atoms. The average Bonchev–Trinajstić information content (AvgIpc) is 2.66. The van der Waals surface area contributed by atoms with E-state index >= 15 is 0 Å². The summed E-state index contributed by atoms with van der Waals surface area (Å²) in [5, 5.41) is 5.21. The van der Waals surface area contributed by atoms with Crippen molar-refractivity contribution in [3.8, 4) is 0 Å². The van der Waals surface area contributed by atoms with Crippen LogP contribution in [0.5, 0.6) is 0 Å². The summed E-state index contributed by atoms with van der Waals surface area (Å²) in [7, 11) is 0. The van der Waals surface area contributed by atoms with Gasteiger partial charge in [-0.1, -0.05) is 18.7 Å². The quantitative estimate of drug-likeness (QED) is 0.584. The number of nitrogens with zero attached hydrogens (tertiary/aromatic N) is 1. The Kier molecular flexibility index (Phi) is 6.85. The monoisotopic (exact) mass is 363 g/mol. The Morgan fingerprint density at radius 3 is 2.73 bits per heavy atom. The average molecular weight is 363 g/mol. The van der Waals surface area contributed by atoms with Crippen LogP contribution in [0.25, 0.3) is 0 Å². The predicted octanol–water partition coefficient (Wildman–Crippen LogP) is 0.360. The molecule has 0 aromatic heterocycles. The number of benzene rings is 1. The Morgan fingerprint density at radius 1 is 1.38 bits per heavy atom. The summed E-state index contributed by atoms with van der Waals surface area (Å²) in [5.74, 6) is -2.10. The molecule has 0 radical (unpaired) electrons. The zero-order valence-corrected chi connectivity index (χ0v) is 14.5. The summed E-state index contributed by atoms with van der Waals surface area (Å²) in [6.45, 7) is 6.03. The molecular formula is C18H22FN3O4. The van der Waals surface area contributed by atoms with Crippen molar-refractivity contribution in [3.63, 3.8) is 0 Å². The van der Waals surface area contributed by atoms with Gasteiger partial charge in [0.1, 0.15) is 5.82 Å². The highest BCUT2D eigenvalue weighted by Gasteiger charge is 2.31. The van der Waals surface area contributed by atoms with Crippen molar-refractivity contribution < 1.29 is 23.5 Å². The fourth-order valence-corrected chi connectivity index (χ4v) is 2.54. The highest BCUT2D eigenvalue weighted by molar-refractivity contribution is 6.35. The number of hydrogen-bond acceptors (Lipinski definition) is 4. The van der Waals surface area contributed by atoms with Crippen LogP contribution in [0.4, 0.5) is 4.39 Å². The Bertz CT molecular complexity index is 678. The fraction of sp³-hybridized carbons (Fsp3) is 0.389. The number of nitrogens with one attached hydrogen (secondary N) is 2. The van der Waals surface area contributed by atoms with Gasteiger partial charge in [-0.05, 0) is 30.7 Å². The summed E-state index contributed by atoms with van der Waals surface area (Å²) in [6, 6.07) is 5.31. The fourth-order valence-electron chi connectivity index (χ4n) is 2.54. The summed E-state index contributed by atoms with van der Waals surface area (Å²) in [4.78, 5) is 37.2. The van der Waals surface area contributed by atoms with Crippen LogP contribution in [-0.2, 0) is 25.7 Å². The molecule has 1 heterocycles. The highest BCUT2D eigenvalue weighted by Crippen LogP contribution is 2.10. The third-order valence-corrected chi connectivity index (χ3v) is 4.05. The van der Waals surface area contributed by atoms with Gasteiger partial charge in [0.2, 0.25) is 5.91 Å². The minimum atomic E-state index is -0.738. The summed E-state index contributed by atoms with van der Waals surface area (Å²) >= 11 is 0. The smallest absolute Gasteiger partial charge is 0.312 e. The van der Waals surface area contributed by atoms with E-state index in [0.29, 0.717) is 12.1 Å². The van der Waals surface area contributed by atoms with Gasteiger partial charge in [0.25, 0.3) is 0 Å². The van der Waals surface area contributed by atoms with E-state index in [0.717, 1.165) is 6.08 Å². The van der Waals surface area contributed by atoms with Gasteiger partial charge in [0.15, 0.2) is 0 Å². The van der Waals surface area contributed by atoms with Crippen molar-refractivity contribution in [2.45, 2.75) is 25.6 Å². The van der Waals surface area contributed by atoms with Crippen molar-refractivity contribution >= 4 is 17.7 Å². The lowest BCUT2D eigenvalue weighted by molar-refractivity contribution is -0.151. The molecule has 2 unspecified atom stereocenters. The third-order valence-electron chi connectivity index (χ3n) is 4.05. The second kappa shape index (κ2) is 9.10. The number of carbonyl (C=O) groups is 3. The van der Waals surface area contributed by atoms with Crippen molar-refractivity contribution in [3.05, 3.63) is 48.3 Å². The van der Waals surface area contributed by atoms with E-state index in [1.54, 1.807) is 6.92 Å². The topological polar surface area (TPSA) is 87.7 Å². The molecule has 140 valence electrons. The molecule has 2 rings (SSSR count). The van der Waals surface area contributed by atoms with Gasteiger partial charge >= 0.3 is 11.8 Å². The zero-order valence-electron chi connectivity index (χ0n) is 14.5. The first-order valence-electron chi connectivity index (χ1n) is 8.26. The van der Waals surface area contributed by atoms with E-state index in [1.165, 1.54) is 29.2 Å². The van der Waals surface area contributed by atoms with Crippen molar-refractivity contribution in [2.75, 3.05) is 19.7 Å². The normalized spacial score (nSPS) is 17.9. The number of morpholine rings is 1. The first kappa shape index (κ1) is 19.6. The number of hydrogen-bond donors (Lipinski definition) is 2. The maximum absolute atomic E-state index is 12.9. The lowest BCUT2D eigenvalue weighted by atomic mass is 10.1.